The summed E-state index contributed by atoms with van der Waals surface area (Å²) in [5.74, 6) is 0. The van der Waals surface area contributed by atoms with Crippen molar-refractivity contribution in [3.8, 4) is 0 Å². The molecule has 130 valence electrons. The van der Waals surface area contributed by atoms with Gasteiger partial charge >= 0.3 is 0 Å². The van der Waals surface area contributed by atoms with E-state index >= 15 is 0 Å². The van der Waals surface area contributed by atoms with Crippen LogP contribution in [0.5, 0.6) is 0 Å². The van der Waals surface area contributed by atoms with Crippen LogP contribution in [0.1, 0.15) is 12.8 Å². The molecule has 7 nitrogen and oxygen atoms in total. The summed E-state index contributed by atoms with van der Waals surface area (Å²) in [5, 5.41) is 15.5. The molecule has 1 aliphatic heterocycles. The van der Waals surface area contributed by atoms with Gasteiger partial charge in [0.05, 0.1) is 18.3 Å². The first-order valence-electron chi connectivity index (χ1n) is 8.45. The van der Waals surface area contributed by atoms with Gasteiger partial charge in [0.1, 0.15) is 11.7 Å². The van der Waals surface area contributed by atoms with Crippen LogP contribution >= 0.6 is 0 Å². The van der Waals surface area contributed by atoms with E-state index in [1.54, 1.807) is 11.7 Å². The van der Waals surface area contributed by atoms with Gasteiger partial charge in [-0.05, 0) is 25.0 Å². The number of nitrogens with zero attached hydrogens (tertiary/aromatic N) is 5. The maximum absolute atomic E-state index is 12.6. The lowest BCUT2D eigenvalue weighted by Crippen LogP contribution is -2.48. The standard InChI is InChI=1S/C18H21N5O2/c1-21-16-15(11-20-21)17(24)23(13-19-16)12-18(25)7-9-22(10-8-18)14-5-3-2-4-6-14/h2-6,11,13,25H,7-10,12H2,1H3. The van der Waals surface area contributed by atoms with Crippen LogP contribution in [0.15, 0.2) is 47.7 Å². The summed E-state index contributed by atoms with van der Waals surface area (Å²) in [4.78, 5) is 19.2. The van der Waals surface area contributed by atoms with Gasteiger partial charge in [-0.1, -0.05) is 18.2 Å². The minimum absolute atomic E-state index is 0.156. The van der Waals surface area contributed by atoms with E-state index in [4.69, 9.17) is 0 Å². The molecule has 4 rings (SSSR count). The van der Waals surface area contributed by atoms with Gasteiger partial charge in [0.15, 0.2) is 5.65 Å². The van der Waals surface area contributed by atoms with Crippen molar-refractivity contribution in [1.82, 2.24) is 19.3 Å². The number of rotatable bonds is 3. The number of aromatic nitrogens is 4. The Bertz CT molecular complexity index is 939. The Kier molecular flexibility index (Phi) is 3.80. The SMILES string of the molecule is Cn1ncc2c(=O)n(CC3(O)CCN(c4ccccc4)CC3)cnc21. The molecule has 0 saturated carbocycles. The summed E-state index contributed by atoms with van der Waals surface area (Å²) in [7, 11) is 1.76. The van der Waals surface area contributed by atoms with Crippen molar-refractivity contribution in [1.29, 1.82) is 0 Å². The summed E-state index contributed by atoms with van der Waals surface area (Å²) in [6, 6.07) is 10.2. The Morgan fingerprint density at radius 2 is 1.92 bits per heavy atom. The van der Waals surface area contributed by atoms with Crippen LogP contribution in [0.25, 0.3) is 11.0 Å². The fourth-order valence-electron chi connectivity index (χ4n) is 3.47. The molecule has 1 aromatic carbocycles. The minimum Gasteiger partial charge on any atom is -0.388 e. The number of piperidine rings is 1. The van der Waals surface area contributed by atoms with Crippen molar-refractivity contribution in [2.45, 2.75) is 25.0 Å². The molecule has 25 heavy (non-hydrogen) atoms. The Hall–Kier alpha value is -2.67. The van der Waals surface area contributed by atoms with Crippen LogP contribution < -0.4 is 10.5 Å². The molecule has 0 spiro atoms. The topological polar surface area (TPSA) is 76.2 Å². The fourth-order valence-corrected chi connectivity index (χ4v) is 3.47. The number of hydrogen-bond acceptors (Lipinski definition) is 5. The zero-order chi connectivity index (χ0) is 17.4. The van der Waals surface area contributed by atoms with Gasteiger partial charge in [0, 0.05) is 25.8 Å². The van der Waals surface area contributed by atoms with Crippen molar-refractivity contribution in [2.75, 3.05) is 18.0 Å². The van der Waals surface area contributed by atoms with E-state index in [0.29, 0.717) is 23.9 Å². The highest BCUT2D eigenvalue weighted by Crippen LogP contribution is 2.27. The number of aryl methyl sites for hydroxylation is 1. The molecule has 0 radical (unpaired) electrons. The molecule has 0 atom stereocenters. The number of aliphatic hydroxyl groups is 1. The van der Waals surface area contributed by atoms with Crippen LogP contribution in [0.2, 0.25) is 0 Å². The van der Waals surface area contributed by atoms with E-state index in [2.05, 4.69) is 27.1 Å². The van der Waals surface area contributed by atoms with Gasteiger partial charge in [-0.3, -0.25) is 14.0 Å². The normalized spacial score (nSPS) is 17.1. The highest BCUT2D eigenvalue weighted by Gasteiger charge is 2.33. The second-order valence-electron chi connectivity index (χ2n) is 6.73. The Morgan fingerprint density at radius 3 is 2.64 bits per heavy atom. The lowest BCUT2D eigenvalue weighted by molar-refractivity contribution is -0.00101. The average Bonchev–Trinajstić information content (AvgIpc) is 3.01. The number of para-hydroxylation sites is 1. The van der Waals surface area contributed by atoms with Crippen LogP contribution in [0.3, 0.4) is 0 Å². The Labute approximate surface area is 145 Å². The van der Waals surface area contributed by atoms with Crippen LogP contribution in [-0.2, 0) is 13.6 Å². The van der Waals surface area contributed by atoms with Crippen LogP contribution in [0.4, 0.5) is 5.69 Å². The average molecular weight is 339 g/mol. The molecule has 1 fully saturated rings. The van der Waals surface area contributed by atoms with Crippen molar-refractivity contribution >= 4 is 16.7 Å². The first kappa shape index (κ1) is 15.8. The third kappa shape index (κ3) is 2.91. The highest BCUT2D eigenvalue weighted by atomic mass is 16.3. The summed E-state index contributed by atoms with van der Waals surface area (Å²) >= 11 is 0. The predicted octanol–water partition coefficient (Wildman–Crippen LogP) is 1.16. The number of benzene rings is 1. The summed E-state index contributed by atoms with van der Waals surface area (Å²) in [5.41, 5.74) is 0.677. The molecular formula is C18H21N5O2. The lowest BCUT2D eigenvalue weighted by atomic mass is 9.91. The van der Waals surface area contributed by atoms with E-state index in [9.17, 15) is 9.90 Å². The highest BCUT2D eigenvalue weighted by molar-refractivity contribution is 5.72. The molecule has 0 amide bonds. The third-order valence-corrected chi connectivity index (χ3v) is 5.00. The summed E-state index contributed by atoms with van der Waals surface area (Å²) in [6.45, 7) is 1.78. The van der Waals surface area contributed by atoms with E-state index in [-0.39, 0.29) is 12.1 Å². The smallest absolute Gasteiger partial charge is 0.264 e. The molecule has 0 bridgehead atoms. The number of fused-ring (bicyclic) bond motifs is 1. The maximum Gasteiger partial charge on any atom is 0.264 e. The molecule has 7 heteroatoms. The number of anilines is 1. The maximum atomic E-state index is 12.6. The Balaban J connectivity index is 1.52. The van der Waals surface area contributed by atoms with Gasteiger partial charge < -0.3 is 10.0 Å². The van der Waals surface area contributed by atoms with Crippen molar-refractivity contribution < 1.29 is 5.11 Å². The van der Waals surface area contributed by atoms with Crippen LogP contribution in [-0.4, -0.2) is 43.1 Å². The van der Waals surface area contributed by atoms with E-state index in [1.807, 2.05) is 18.2 Å². The molecule has 2 aromatic heterocycles. The fraction of sp³-hybridized carbons (Fsp3) is 0.389. The molecule has 3 heterocycles. The third-order valence-electron chi connectivity index (χ3n) is 5.00. The van der Waals surface area contributed by atoms with Gasteiger partial charge in [-0.2, -0.15) is 5.10 Å². The zero-order valence-corrected chi connectivity index (χ0v) is 14.2. The van der Waals surface area contributed by atoms with Gasteiger partial charge in [0.25, 0.3) is 5.56 Å². The van der Waals surface area contributed by atoms with Crippen molar-refractivity contribution in [3.05, 3.63) is 53.2 Å². The molecule has 0 unspecified atom stereocenters. The van der Waals surface area contributed by atoms with Crippen molar-refractivity contribution in [3.63, 3.8) is 0 Å². The molecular weight excluding hydrogens is 318 g/mol. The summed E-state index contributed by atoms with van der Waals surface area (Å²) in [6.07, 6.45) is 4.26. The predicted molar refractivity (Wildman–Crippen MR) is 95.6 cm³/mol. The second kappa shape index (κ2) is 6.00. The van der Waals surface area contributed by atoms with E-state index < -0.39 is 5.60 Å². The Morgan fingerprint density at radius 1 is 1.20 bits per heavy atom. The number of hydrogen-bond donors (Lipinski definition) is 1. The lowest BCUT2D eigenvalue weighted by Gasteiger charge is -2.39. The summed E-state index contributed by atoms with van der Waals surface area (Å²) < 4.78 is 3.08. The molecule has 1 saturated heterocycles. The largest absolute Gasteiger partial charge is 0.388 e. The zero-order valence-electron chi connectivity index (χ0n) is 14.2. The minimum atomic E-state index is -0.896. The monoisotopic (exact) mass is 339 g/mol. The van der Waals surface area contributed by atoms with Crippen LogP contribution in [0, 0.1) is 0 Å². The molecule has 0 aliphatic carbocycles. The van der Waals surface area contributed by atoms with Gasteiger partial charge in [-0.25, -0.2) is 4.98 Å². The first-order valence-corrected chi connectivity index (χ1v) is 8.45. The first-order chi connectivity index (χ1) is 12.1. The van der Waals surface area contributed by atoms with Gasteiger partial charge in [0.2, 0.25) is 0 Å². The quantitative estimate of drug-likeness (QED) is 0.775. The molecule has 1 aliphatic rings. The van der Waals surface area contributed by atoms with E-state index in [1.165, 1.54) is 22.8 Å². The molecule has 3 aromatic rings. The molecule has 1 N–H and O–H groups in total. The second-order valence-corrected chi connectivity index (χ2v) is 6.73. The van der Waals surface area contributed by atoms with E-state index in [0.717, 1.165) is 13.1 Å². The van der Waals surface area contributed by atoms with Gasteiger partial charge in [-0.15, -0.1) is 0 Å². The van der Waals surface area contributed by atoms with Crippen molar-refractivity contribution in [2.24, 2.45) is 7.05 Å².